The van der Waals surface area contributed by atoms with Crippen molar-refractivity contribution < 1.29 is 0 Å². The van der Waals surface area contributed by atoms with E-state index < -0.39 is 0 Å². The van der Waals surface area contributed by atoms with E-state index in [9.17, 15) is 0 Å². The molecular weight excluding hydrogens is 278 g/mol. The van der Waals surface area contributed by atoms with Crippen molar-refractivity contribution in [1.29, 1.82) is 0 Å². The molecule has 3 aromatic rings. The number of H-pyrrole nitrogens is 1. The lowest BCUT2D eigenvalue weighted by Crippen LogP contribution is -2.10. The molecule has 2 atom stereocenters. The van der Waals surface area contributed by atoms with Gasteiger partial charge < -0.3 is 4.98 Å². The maximum Gasteiger partial charge on any atom is 0.0464 e. The molecule has 0 saturated carbocycles. The minimum Gasteiger partial charge on any atom is -0.355 e. The lowest BCUT2D eigenvalue weighted by molar-refractivity contribution is 0.717. The van der Waals surface area contributed by atoms with Crippen molar-refractivity contribution in [2.45, 2.75) is 32.6 Å². The summed E-state index contributed by atoms with van der Waals surface area (Å²) in [5.74, 6) is 1.20. The molecule has 1 nitrogen and oxygen atoms in total. The van der Waals surface area contributed by atoms with E-state index >= 15 is 0 Å². The predicted molar refractivity (Wildman–Crippen MR) is 97.8 cm³/mol. The fourth-order valence-electron chi connectivity index (χ4n) is 4.55. The molecule has 1 aromatic heterocycles. The van der Waals surface area contributed by atoms with E-state index in [2.05, 4.69) is 67.4 Å². The summed E-state index contributed by atoms with van der Waals surface area (Å²) >= 11 is 0. The number of benzene rings is 2. The molecule has 5 rings (SSSR count). The molecule has 2 aliphatic carbocycles. The normalized spacial score (nSPS) is 21.8. The first-order valence-corrected chi connectivity index (χ1v) is 8.66. The van der Waals surface area contributed by atoms with Gasteiger partial charge in [-0.2, -0.15) is 0 Å². The van der Waals surface area contributed by atoms with E-state index in [0.29, 0.717) is 11.8 Å². The van der Waals surface area contributed by atoms with Gasteiger partial charge in [0.25, 0.3) is 0 Å². The largest absolute Gasteiger partial charge is 0.355 e. The number of aromatic amines is 1. The minimum absolute atomic E-state index is 0.574. The van der Waals surface area contributed by atoms with Gasteiger partial charge in [0.15, 0.2) is 0 Å². The standard InChI is InChI=1S/C22H21N/c1-13-7-9-19-18(11-13)22-20(23-19)10-8-17-16-6-4-3-5-15(16)12-14(2)21(17)22/h3-10,13-14,23H,11-12H2,1-2H3. The van der Waals surface area contributed by atoms with Crippen LogP contribution in [0.3, 0.4) is 0 Å². The molecule has 1 heterocycles. The van der Waals surface area contributed by atoms with Crippen molar-refractivity contribution in [1.82, 2.24) is 4.98 Å². The Balaban J connectivity index is 1.87. The zero-order chi connectivity index (χ0) is 15.6. The molecule has 114 valence electrons. The summed E-state index contributed by atoms with van der Waals surface area (Å²) < 4.78 is 0. The van der Waals surface area contributed by atoms with Crippen molar-refractivity contribution in [2.75, 3.05) is 0 Å². The molecule has 2 unspecified atom stereocenters. The number of nitrogens with one attached hydrogen (secondary N) is 1. The molecule has 2 aromatic carbocycles. The first-order chi connectivity index (χ1) is 11.2. The first-order valence-electron chi connectivity index (χ1n) is 8.66. The Morgan fingerprint density at radius 1 is 0.957 bits per heavy atom. The molecule has 0 aliphatic heterocycles. The number of rotatable bonds is 0. The highest BCUT2D eigenvalue weighted by Gasteiger charge is 2.27. The molecule has 0 spiro atoms. The van der Waals surface area contributed by atoms with E-state index in [4.69, 9.17) is 0 Å². The predicted octanol–water partition coefficient (Wildman–Crippen LogP) is 5.70. The topological polar surface area (TPSA) is 15.8 Å². The summed E-state index contributed by atoms with van der Waals surface area (Å²) in [6, 6.07) is 13.5. The highest BCUT2D eigenvalue weighted by Crippen LogP contribution is 2.45. The number of fused-ring (bicyclic) bond motifs is 7. The maximum absolute atomic E-state index is 3.64. The third-order valence-corrected chi connectivity index (χ3v) is 5.59. The number of hydrogen-bond acceptors (Lipinski definition) is 0. The summed E-state index contributed by atoms with van der Waals surface area (Å²) in [6.45, 7) is 4.70. The van der Waals surface area contributed by atoms with Crippen LogP contribution < -0.4 is 0 Å². The van der Waals surface area contributed by atoms with Crippen molar-refractivity contribution in [3.8, 4) is 11.1 Å². The molecule has 0 bridgehead atoms. The highest BCUT2D eigenvalue weighted by molar-refractivity contribution is 5.97. The van der Waals surface area contributed by atoms with E-state index in [1.165, 1.54) is 38.9 Å². The fraction of sp³-hybridized carbons (Fsp3) is 0.273. The summed E-state index contributed by atoms with van der Waals surface area (Å²) in [4.78, 5) is 3.64. The monoisotopic (exact) mass is 299 g/mol. The Morgan fingerprint density at radius 3 is 2.74 bits per heavy atom. The summed E-state index contributed by atoms with van der Waals surface area (Å²) in [5, 5.41) is 1.50. The zero-order valence-electron chi connectivity index (χ0n) is 13.7. The van der Waals surface area contributed by atoms with E-state index in [1.54, 1.807) is 5.56 Å². The lowest BCUT2D eigenvalue weighted by Gasteiger charge is -2.27. The highest BCUT2D eigenvalue weighted by atomic mass is 14.7. The average molecular weight is 299 g/mol. The maximum atomic E-state index is 3.64. The van der Waals surface area contributed by atoms with E-state index in [0.717, 1.165) is 12.8 Å². The molecule has 0 saturated heterocycles. The van der Waals surface area contributed by atoms with Gasteiger partial charge in [0, 0.05) is 16.6 Å². The van der Waals surface area contributed by atoms with Gasteiger partial charge in [-0.3, -0.25) is 0 Å². The molecule has 0 amide bonds. The van der Waals surface area contributed by atoms with Crippen LogP contribution in [0.2, 0.25) is 0 Å². The van der Waals surface area contributed by atoms with E-state index in [-0.39, 0.29) is 0 Å². The second kappa shape index (κ2) is 4.61. The van der Waals surface area contributed by atoms with Crippen LogP contribution in [0.5, 0.6) is 0 Å². The van der Waals surface area contributed by atoms with Gasteiger partial charge in [-0.15, -0.1) is 0 Å². The number of allylic oxidation sites excluding steroid dienone is 1. The van der Waals surface area contributed by atoms with Gasteiger partial charge in [0.1, 0.15) is 0 Å². The third-order valence-electron chi connectivity index (χ3n) is 5.59. The van der Waals surface area contributed by atoms with Crippen LogP contribution in [0.15, 0.2) is 42.5 Å². The van der Waals surface area contributed by atoms with Gasteiger partial charge in [-0.05, 0) is 64.6 Å². The van der Waals surface area contributed by atoms with Crippen molar-refractivity contribution in [3.05, 3.63) is 64.9 Å². The van der Waals surface area contributed by atoms with Crippen LogP contribution in [-0.4, -0.2) is 4.98 Å². The summed E-state index contributed by atoms with van der Waals surface area (Å²) in [5.41, 5.74) is 10.1. The Morgan fingerprint density at radius 2 is 1.83 bits per heavy atom. The van der Waals surface area contributed by atoms with Crippen LogP contribution in [0.4, 0.5) is 0 Å². The Kier molecular flexibility index (Phi) is 2.64. The van der Waals surface area contributed by atoms with Gasteiger partial charge in [-0.25, -0.2) is 0 Å². The second-order valence-electron chi connectivity index (χ2n) is 7.27. The third kappa shape index (κ3) is 1.80. The zero-order valence-corrected chi connectivity index (χ0v) is 13.7. The number of hydrogen-bond donors (Lipinski definition) is 1. The smallest absolute Gasteiger partial charge is 0.0464 e. The lowest BCUT2D eigenvalue weighted by atomic mass is 9.77. The second-order valence-corrected chi connectivity index (χ2v) is 7.27. The van der Waals surface area contributed by atoms with Gasteiger partial charge in [0.2, 0.25) is 0 Å². The fourth-order valence-corrected chi connectivity index (χ4v) is 4.55. The van der Waals surface area contributed by atoms with Crippen LogP contribution in [-0.2, 0) is 12.8 Å². The van der Waals surface area contributed by atoms with Crippen molar-refractivity contribution in [3.63, 3.8) is 0 Å². The SMILES string of the molecule is CC1C=Cc2[nH]c3ccc4c(c3c2C1)C(C)Cc1ccccc1-4. The summed E-state index contributed by atoms with van der Waals surface area (Å²) in [7, 11) is 0. The van der Waals surface area contributed by atoms with Crippen LogP contribution >= 0.6 is 0 Å². The quantitative estimate of drug-likeness (QED) is 0.548. The van der Waals surface area contributed by atoms with Crippen LogP contribution in [0, 0.1) is 5.92 Å². The van der Waals surface area contributed by atoms with Gasteiger partial charge >= 0.3 is 0 Å². The first kappa shape index (κ1) is 13.2. The molecule has 1 heteroatoms. The van der Waals surface area contributed by atoms with Gasteiger partial charge in [0.05, 0.1) is 0 Å². The Bertz CT molecular complexity index is 958. The van der Waals surface area contributed by atoms with E-state index in [1.807, 2.05) is 0 Å². The van der Waals surface area contributed by atoms with Gasteiger partial charge in [-0.1, -0.05) is 50.3 Å². The van der Waals surface area contributed by atoms with Crippen LogP contribution in [0.25, 0.3) is 28.1 Å². The average Bonchev–Trinajstić information content (AvgIpc) is 2.92. The summed E-state index contributed by atoms with van der Waals surface area (Å²) in [6.07, 6.45) is 6.89. The molecular formula is C22H21N. The molecule has 1 N–H and O–H groups in total. The molecule has 0 radical (unpaired) electrons. The van der Waals surface area contributed by atoms with Crippen molar-refractivity contribution >= 4 is 17.0 Å². The van der Waals surface area contributed by atoms with Crippen molar-refractivity contribution in [2.24, 2.45) is 5.92 Å². The van der Waals surface area contributed by atoms with Crippen LogP contribution in [0.1, 0.15) is 42.1 Å². The molecule has 2 aliphatic rings. The number of aromatic nitrogens is 1. The Hall–Kier alpha value is -2.28. The Labute approximate surface area is 137 Å². The minimum atomic E-state index is 0.574. The molecule has 23 heavy (non-hydrogen) atoms. The molecule has 0 fully saturated rings.